The number of nitrogen functional groups attached to an aromatic ring is 2. The number of nitrogens with two attached hydrogens (primary N) is 2. The summed E-state index contributed by atoms with van der Waals surface area (Å²) in [6.07, 6.45) is 0. The van der Waals surface area contributed by atoms with Crippen molar-refractivity contribution >= 4 is 29.0 Å². The number of benzene rings is 1. The molecule has 0 saturated heterocycles. The van der Waals surface area contributed by atoms with E-state index in [2.05, 4.69) is 15.3 Å². The van der Waals surface area contributed by atoms with E-state index in [4.69, 9.17) is 11.5 Å². The second-order valence-electron chi connectivity index (χ2n) is 3.94. The van der Waals surface area contributed by atoms with E-state index in [0.717, 1.165) is 5.56 Å². The van der Waals surface area contributed by atoms with Crippen LogP contribution in [0.3, 0.4) is 0 Å². The summed E-state index contributed by atoms with van der Waals surface area (Å²) in [6, 6.07) is 6.27. The van der Waals surface area contributed by atoms with Crippen molar-refractivity contribution in [2.24, 2.45) is 0 Å². The van der Waals surface area contributed by atoms with Crippen LogP contribution in [0.25, 0.3) is 0 Å². The lowest BCUT2D eigenvalue weighted by Crippen LogP contribution is -2.04. The Morgan fingerprint density at radius 3 is 2.63 bits per heavy atom. The van der Waals surface area contributed by atoms with Crippen LogP contribution in [0.2, 0.25) is 0 Å². The number of hydrogen-bond donors (Lipinski definition) is 3. The molecule has 0 saturated carbocycles. The van der Waals surface area contributed by atoms with Crippen molar-refractivity contribution in [1.29, 1.82) is 0 Å². The van der Waals surface area contributed by atoms with Crippen molar-refractivity contribution in [1.82, 2.24) is 9.97 Å². The van der Waals surface area contributed by atoms with Crippen molar-refractivity contribution in [3.05, 3.63) is 39.9 Å². The fourth-order valence-corrected chi connectivity index (χ4v) is 1.59. The summed E-state index contributed by atoms with van der Waals surface area (Å²) in [5.41, 5.74) is 12.0. The third-order valence-electron chi connectivity index (χ3n) is 2.38. The van der Waals surface area contributed by atoms with Crippen molar-refractivity contribution in [2.75, 3.05) is 16.8 Å². The van der Waals surface area contributed by atoms with Gasteiger partial charge < -0.3 is 16.8 Å². The summed E-state index contributed by atoms with van der Waals surface area (Å²) in [4.78, 5) is 18.1. The number of anilines is 4. The van der Waals surface area contributed by atoms with Crippen LogP contribution in [0.4, 0.5) is 29.0 Å². The maximum Gasteiger partial charge on any atom is 0.292 e. The second-order valence-corrected chi connectivity index (χ2v) is 3.94. The molecular weight excluding hydrogens is 248 g/mol. The molecule has 19 heavy (non-hydrogen) atoms. The van der Waals surface area contributed by atoms with E-state index >= 15 is 0 Å². The van der Waals surface area contributed by atoms with Crippen LogP contribution in [-0.4, -0.2) is 14.9 Å². The number of nitrogens with zero attached hydrogens (tertiary/aromatic N) is 3. The van der Waals surface area contributed by atoms with Gasteiger partial charge in [-0.1, -0.05) is 6.07 Å². The topological polar surface area (TPSA) is 133 Å². The van der Waals surface area contributed by atoms with E-state index in [1.807, 2.05) is 0 Å². The van der Waals surface area contributed by atoms with Gasteiger partial charge in [0.2, 0.25) is 5.95 Å². The molecule has 0 aliphatic heterocycles. The summed E-state index contributed by atoms with van der Waals surface area (Å²) in [7, 11) is 0. The fourth-order valence-electron chi connectivity index (χ4n) is 1.59. The number of nitrogens with one attached hydrogen (secondary N) is 1. The van der Waals surface area contributed by atoms with Gasteiger partial charge in [-0.25, -0.2) is 0 Å². The summed E-state index contributed by atoms with van der Waals surface area (Å²) < 4.78 is 0. The zero-order valence-electron chi connectivity index (χ0n) is 10.1. The van der Waals surface area contributed by atoms with Gasteiger partial charge in [0.05, 0.1) is 4.92 Å². The van der Waals surface area contributed by atoms with Gasteiger partial charge in [-0.3, -0.25) is 10.1 Å². The Kier molecular flexibility index (Phi) is 3.15. The van der Waals surface area contributed by atoms with E-state index in [-0.39, 0.29) is 17.5 Å². The average molecular weight is 260 g/mol. The first-order valence-electron chi connectivity index (χ1n) is 5.38. The van der Waals surface area contributed by atoms with Crippen molar-refractivity contribution in [3.63, 3.8) is 0 Å². The van der Waals surface area contributed by atoms with Crippen LogP contribution in [0, 0.1) is 17.0 Å². The number of aryl methyl sites for hydroxylation is 1. The molecule has 0 bridgehead atoms. The Hall–Kier alpha value is -2.90. The van der Waals surface area contributed by atoms with Crippen molar-refractivity contribution < 1.29 is 4.92 Å². The number of aromatic nitrogens is 2. The minimum absolute atomic E-state index is 0.00253. The van der Waals surface area contributed by atoms with Crippen LogP contribution in [-0.2, 0) is 0 Å². The highest BCUT2D eigenvalue weighted by Crippen LogP contribution is 2.28. The van der Waals surface area contributed by atoms with Crippen LogP contribution in [0.1, 0.15) is 5.56 Å². The largest absolute Gasteiger partial charge is 0.383 e. The molecular formula is C11H12N6O2. The quantitative estimate of drug-likeness (QED) is 0.563. The first-order chi connectivity index (χ1) is 8.95. The SMILES string of the molecule is Cc1ccc(Nc2cc(N)nc(N)n2)c([N+](=O)[O-])c1. The number of rotatable bonds is 3. The molecule has 0 aliphatic carbocycles. The highest BCUT2D eigenvalue weighted by Gasteiger charge is 2.14. The zero-order valence-corrected chi connectivity index (χ0v) is 10.1. The minimum Gasteiger partial charge on any atom is -0.383 e. The molecule has 0 aliphatic rings. The van der Waals surface area contributed by atoms with E-state index in [9.17, 15) is 10.1 Å². The lowest BCUT2D eigenvalue weighted by atomic mass is 10.2. The highest BCUT2D eigenvalue weighted by molar-refractivity contribution is 5.69. The maximum absolute atomic E-state index is 11.0. The summed E-state index contributed by atoms with van der Waals surface area (Å²) in [5.74, 6) is 0.485. The van der Waals surface area contributed by atoms with Gasteiger partial charge in [0.15, 0.2) is 0 Å². The summed E-state index contributed by atoms with van der Waals surface area (Å²) in [6.45, 7) is 1.78. The monoisotopic (exact) mass is 260 g/mol. The molecule has 2 aromatic rings. The lowest BCUT2D eigenvalue weighted by molar-refractivity contribution is -0.384. The summed E-state index contributed by atoms with van der Waals surface area (Å²) >= 11 is 0. The molecule has 1 aromatic carbocycles. The van der Waals surface area contributed by atoms with Crippen LogP contribution < -0.4 is 16.8 Å². The zero-order chi connectivity index (χ0) is 14.0. The van der Waals surface area contributed by atoms with E-state index in [1.165, 1.54) is 12.1 Å². The van der Waals surface area contributed by atoms with E-state index in [1.54, 1.807) is 19.1 Å². The van der Waals surface area contributed by atoms with Crippen LogP contribution in [0.5, 0.6) is 0 Å². The van der Waals surface area contributed by atoms with Gasteiger partial charge >= 0.3 is 0 Å². The molecule has 8 heteroatoms. The third-order valence-corrected chi connectivity index (χ3v) is 2.38. The van der Waals surface area contributed by atoms with Gasteiger partial charge in [-0.2, -0.15) is 9.97 Å². The number of nitro groups is 1. The number of hydrogen-bond acceptors (Lipinski definition) is 7. The Bertz CT molecular complexity index is 623. The molecule has 0 spiro atoms. The van der Waals surface area contributed by atoms with E-state index in [0.29, 0.717) is 11.5 Å². The minimum atomic E-state index is -0.469. The van der Waals surface area contributed by atoms with Gasteiger partial charge in [0.25, 0.3) is 5.69 Å². The van der Waals surface area contributed by atoms with E-state index < -0.39 is 4.92 Å². The Labute approximate surface area is 108 Å². The van der Waals surface area contributed by atoms with Gasteiger partial charge in [-0.15, -0.1) is 0 Å². The number of nitro benzene ring substituents is 1. The van der Waals surface area contributed by atoms with Crippen molar-refractivity contribution in [3.8, 4) is 0 Å². The predicted octanol–water partition coefficient (Wildman–Crippen LogP) is 1.60. The Balaban J connectivity index is 2.40. The molecule has 0 atom stereocenters. The maximum atomic E-state index is 11.0. The molecule has 2 rings (SSSR count). The van der Waals surface area contributed by atoms with Gasteiger partial charge in [-0.05, 0) is 18.6 Å². The van der Waals surface area contributed by atoms with Crippen LogP contribution in [0.15, 0.2) is 24.3 Å². The molecule has 1 heterocycles. The first kappa shape index (κ1) is 12.6. The smallest absolute Gasteiger partial charge is 0.292 e. The summed E-state index contributed by atoms with van der Waals surface area (Å²) in [5, 5.41) is 13.8. The molecule has 8 nitrogen and oxygen atoms in total. The van der Waals surface area contributed by atoms with Crippen molar-refractivity contribution in [2.45, 2.75) is 6.92 Å². The molecule has 5 N–H and O–H groups in total. The highest BCUT2D eigenvalue weighted by atomic mass is 16.6. The third kappa shape index (κ3) is 2.86. The van der Waals surface area contributed by atoms with Gasteiger partial charge in [0.1, 0.15) is 17.3 Å². The second kappa shape index (κ2) is 4.77. The molecule has 0 fully saturated rings. The Morgan fingerprint density at radius 2 is 2.00 bits per heavy atom. The average Bonchev–Trinajstić information content (AvgIpc) is 2.30. The predicted molar refractivity (Wildman–Crippen MR) is 72.0 cm³/mol. The normalized spacial score (nSPS) is 10.2. The van der Waals surface area contributed by atoms with Crippen LogP contribution >= 0.6 is 0 Å². The standard InChI is InChI=1S/C11H12N6O2/c1-6-2-3-7(8(4-6)17(18)19)14-10-5-9(12)15-11(13)16-10/h2-5H,1H3,(H5,12,13,14,15,16). The van der Waals surface area contributed by atoms with Gasteiger partial charge in [0, 0.05) is 12.1 Å². The molecule has 1 aromatic heterocycles. The lowest BCUT2D eigenvalue weighted by Gasteiger charge is -2.07. The Morgan fingerprint density at radius 1 is 1.26 bits per heavy atom. The molecule has 0 radical (unpaired) electrons. The molecule has 0 amide bonds. The molecule has 98 valence electrons. The first-order valence-corrected chi connectivity index (χ1v) is 5.38. The fraction of sp³-hybridized carbons (Fsp3) is 0.0909. The molecule has 0 unspecified atom stereocenters.